The predicted molar refractivity (Wildman–Crippen MR) is 110 cm³/mol. The molecule has 0 aromatic carbocycles. The summed E-state index contributed by atoms with van der Waals surface area (Å²) in [6.07, 6.45) is 2.68. The molecule has 0 aliphatic heterocycles. The molecule has 0 aliphatic carbocycles. The van der Waals surface area contributed by atoms with Gasteiger partial charge in [0.25, 0.3) is 0 Å². The van der Waals surface area contributed by atoms with E-state index in [1.54, 1.807) is 40.8 Å². The van der Waals surface area contributed by atoms with Crippen LogP contribution in [0.25, 0.3) is 0 Å². The fraction of sp³-hybridized carbons (Fsp3) is 0.762. The van der Waals surface area contributed by atoms with E-state index in [1.165, 1.54) is 16.8 Å². The van der Waals surface area contributed by atoms with Crippen molar-refractivity contribution >= 4 is 18.0 Å². The first-order chi connectivity index (χ1) is 12.7. The maximum Gasteiger partial charge on any atom is 0.410 e. The molecule has 0 fully saturated rings. The lowest BCUT2D eigenvalue weighted by Crippen LogP contribution is -2.56. The first-order valence-corrected chi connectivity index (χ1v) is 9.72. The molecule has 0 aromatic rings. The van der Waals surface area contributed by atoms with Gasteiger partial charge >= 0.3 is 12.1 Å². The molecule has 0 spiro atoms. The quantitative estimate of drug-likeness (QED) is 0.337. The van der Waals surface area contributed by atoms with Crippen molar-refractivity contribution < 1.29 is 23.9 Å². The Balaban J connectivity index is 5.47. The van der Waals surface area contributed by atoms with Crippen molar-refractivity contribution in [2.75, 3.05) is 20.7 Å². The zero-order valence-corrected chi connectivity index (χ0v) is 19.0. The van der Waals surface area contributed by atoms with Gasteiger partial charge in [-0.3, -0.25) is 9.69 Å². The fourth-order valence-electron chi connectivity index (χ4n) is 2.55. The SMILES string of the molecule is C=CC(C)(C)[C@@H](C(=O)OCCCC)N(C)C(=O)[C@@H](C)N(C)C(=O)OC(C)(C)C. The minimum atomic E-state index is -0.858. The van der Waals surface area contributed by atoms with E-state index in [2.05, 4.69) is 6.58 Å². The number of unbranched alkanes of at least 4 members (excludes halogenated alkanes) is 1. The Labute approximate surface area is 170 Å². The molecule has 2 amide bonds. The monoisotopic (exact) mass is 398 g/mol. The molecule has 28 heavy (non-hydrogen) atoms. The summed E-state index contributed by atoms with van der Waals surface area (Å²) < 4.78 is 10.7. The number of carbonyl (C=O) groups excluding carboxylic acids is 3. The highest BCUT2D eigenvalue weighted by molar-refractivity contribution is 5.89. The molecule has 0 rings (SSSR count). The van der Waals surface area contributed by atoms with Crippen LogP contribution in [0, 0.1) is 5.41 Å². The highest BCUT2D eigenvalue weighted by Gasteiger charge is 2.41. The Kier molecular flexibility index (Phi) is 9.71. The summed E-state index contributed by atoms with van der Waals surface area (Å²) >= 11 is 0. The van der Waals surface area contributed by atoms with E-state index in [1.807, 2.05) is 20.8 Å². The van der Waals surface area contributed by atoms with Gasteiger partial charge in [0.15, 0.2) is 0 Å². The average molecular weight is 399 g/mol. The molecule has 162 valence electrons. The number of hydrogen-bond acceptors (Lipinski definition) is 5. The molecule has 7 heteroatoms. The minimum Gasteiger partial charge on any atom is -0.464 e. The van der Waals surface area contributed by atoms with Crippen molar-refractivity contribution in [1.29, 1.82) is 0 Å². The van der Waals surface area contributed by atoms with Gasteiger partial charge in [-0.2, -0.15) is 0 Å². The second kappa shape index (κ2) is 10.5. The number of amides is 2. The lowest BCUT2D eigenvalue weighted by atomic mass is 9.83. The highest BCUT2D eigenvalue weighted by Crippen LogP contribution is 2.28. The normalized spacial score (nSPS) is 13.9. The van der Waals surface area contributed by atoms with E-state index in [9.17, 15) is 14.4 Å². The van der Waals surface area contributed by atoms with Gasteiger partial charge < -0.3 is 14.4 Å². The van der Waals surface area contributed by atoms with Gasteiger partial charge in [0.2, 0.25) is 5.91 Å². The van der Waals surface area contributed by atoms with Gasteiger partial charge in [0.05, 0.1) is 6.61 Å². The van der Waals surface area contributed by atoms with Gasteiger partial charge in [0.1, 0.15) is 17.7 Å². The topological polar surface area (TPSA) is 76.2 Å². The Morgan fingerprint density at radius 2 is 1.61 bits per heavy atom. The number of carbonyl (C=O) groups is 3. The zero-order chi connectivity index (χ0) is 22.3. The lowest BCUT2D eigenvalue weighted by Gasteiger charge is -2.39. The zero-order valence-electron chi connectivity index (χ0n) is 19.0. The summed E-state index contributed by atoms with van der Waals surface area (Å²) in [6, 6.07) is -1.67. The molecule has 0 heterocycles. The van der Waals surface area contributed by atoms with E-state index in [0.29, 0.717) is 6.61 Å². The molecule has 7 nitrogen and oxygen atoms in total. The van der Waals surface area contributed by atoms with Crippen molar-refractivity contribution in [1.82, 2.24) is 9.80 Å². The van der Waals surface area contributed by atoms with E-state index in [4.69, 9.17) is 9.47 Å². The van der Waals surface area contributed by atoms with Crippen molar-refractivity contribution in [3.05, 3.63) is 12.7 Å². The van der Waals surface area contributed by atoms with Gasteiger partial charge in [-0.1, -0.05) is 33.3 Å². The van der Waals surface area contributed by atoms with Crippen LogP contribution in [-0.4, -0.2) is 66.2 Å². The van der Waals surface area contributed by atoms with Crippen LogP contribution in [0.15, 0.2) is 12.7 Å². The van der Waals surface area contributed by atoms with Crippen molar-refractivity contribution in [3.63, 3.8) is 0 Å². The van der Waals surface area contributed by atoms with Crippen LogP contribution < -0.4 is 0 Å². The third-order valence-corrected chi connectivity index (χ3v) is 4.55. The van der Waals surface area contributed by atoms with E-state index in [-0.39, 0.29) is 5.91 Å². The third kappa shape index (κ3) is 7.52. The number of nitrogens with zero attached hydrogens (tertiary/aromatic N) is 2. The van der Waals surface area contributed by atoms with Crippen LogP contribution in [0.4, 0.5) is 4.79 Å². The summed E-state index contributed by atoms with van der Waals surface area (Å²) in [6.45, 7) is 16.6. The third-order valence-electron chi connectivity index (χ3n) is 4.55. The van der Waals surface area contributed by atoms with Crippen molar-refractivity contribution in [3.8, 4) is 0 Å². The largest absolute Gasteiger partial charge is 0.464 e. The van der Waals surface area contributed by atoms with Crippen LogP contribution in [0.3, 0.4) is 0 Å². The fourth-order valence-corrected chi connectivity index (χ4v) is 2.55. The van der Waals surface area contributed by atoms with Crippen molar-refractivity contribution in [2.45, 2.75) is 79.0 Å². The Bertz CT molecular complexity index is 566. The molecule has 0 bridgehead atoms. The van der Waals surface area contributed by atoms with E-state index < -0.39 is 35.2 Å². The summed E-state index contributed by atoms with van der Waals surface area (Å²) in [4.78, 5) is 40.6. The van der Waals surface area contributed by atoms with E-state index >= 15 is 0 Å². The summed E-state index contributed by atoms with van der Waals surface area (Å²) in [5.41, 5.74) is -1.38. The Morgan fingerprint density at radius 3 is 2.04 bits per heavy atom. The summed E-state index contributed by atoms with van der Waals surface area (Å²) in [7, 11) is 3.04. The molecule has 0 N–H and O–H groups in total. The first kappa shape index (κ1) is 26.0. The molecule has 0 saturated heterocycles. The standard InChI is InChI=1S/C21H38N2O5/c1-11-13-14-27-18(25)16(21(7,8)12-2)23(10)17(24)15(3)22(9)19(26)28-20(4,5)6/h12,15-16H,2,11,13-14H2,1,3-10H3/t15-,16-/m1/s1. The van der Waals surface area contributed by atoms with Gasteiger partial charge in [-0.05, 0) is 34.1 Å². The molecule has 0 aliphatic rings. The minimum absolute atomic E-state index is 0.300. The van der Waals surface area contributed by atoms with Crippen LogP contribution in [0.1, 0.15) is 61.3 Å². The Hall–Kier alpha value is -2.05. The molecule has 0 aromatic heterocycles. The molecule has 0 radical (unpaired) electrons. The smallest absolute Gasteiger partial charge is 0.410 e. The van der Waals surface area contributed by atoms with Crippen LogP contribution in [0.5, 0.6) is 0 Å². The molecular weight excluding hydrogens is 360 g/mol. The van der Waals surface area contributed by atoms with Crippen LogP contribution >= 0.6 is 0 Å². The number of likely N-dealkylation sites (N-methyl/N-ethyl adjacent to an activating group) is 2. The van der Waals surface area contributed by atoms with Gasteiger partial charge in [-0.15, -0.1) is 6.58 Å². The van der Waals surface area contributed by atoms with Crippen LogP contribution in [0.2, 0.25) is 0 Å². The van der Waals surface area contributed by atoms with E-state index in [0.717, 1.165) is 12.8 Å². The first-order valence-electron chi connectivity index (χ1n) is 9.72. The maximum atomic E-state index is 13.0. The van der Waals surface area contributed by atoms with Crippen LogP contribution in [-0.2, 0) is 19.1 Å². The second-order valence-corrected chi connectivity index (χ2v) is 8.67. The predicted octanol–water partition coefficient (Wildman–Crippen LogP) is 3.62. The number of ether oxygens (including phenoxy) is 2. The molecule has 0 unspecified atom stereocenters. The molecule has 0 saturated carbocycles. The summed E-state index contributed by atoms with van der Waals surface area (Å²) in [5, 5.41) is 0. The lowest BCUT2D eigenvalue weighted by molar-refractivity contribution is -0.159. The van der Waals surface area contributed by atoms with Gasteiger partial charge in [-0.25, -0.2) is 9.59 Å². The Morgan fingerprint density at radius 1 is 1.07 bits per heavy atom. The van der Waals surface area contributed by atoms with Gasteiger partial charge in [0, 0.05) is 19.5 Å². The maximum absolute atomic E-state index is 13.0. The summed E-state index contributed by atoms with van der Waals surface area (Å²) in [5.74, 6) is -0.873. The number of esters is 1. The highest BCUT2D eigenvalue weighted by atomic mass is 16.6. The second-order valence-electron chi connectivity index (χ2n) is 8.67. The van der Waals surface area contributed by atoms with Crippen molar-refractivity contribution in [2.24, 2.45) is 5.41 Å². The number of rotatable bonds is 9. The average Bonchev–Trinajstić information content (AvgIpc) is 2.58. The molecular formula is C21H38N2O5. The molecule has 2 atom stereocenters. The number of hydrogen-bond donors (Lipinski definition) is 0.